The van der Waals surface area contributed by atoms with Gasteiger partial charge in [0.25, 0.3) is 0 Å². The molecule has 0 aromatic rings. The second-order valence-corrected chi connectivity index (χ2v) is 11.8. The van der Waals surface area contributed by atoms with Crippen LogP contribution in [0.2, 0.25) is 0 Å². The van der Waals surface area contributed by atoms with E-state index in [9.17, 15) is 19.5 Å². The maximum Gasteiger partial charge on any atom is 0.217 e. The van der Waals surface area contributed by atoms with Gasteiger partial charge >= 0.3 is 0 Å². The Balaban J connectivity index is 1.56. The molecular formula is C28H41NO4. The van der Waals surface area contributed by atoms with E-state index in [0.717, 1.165) is 44.1 Å². The molecular weight excluding hydrogens is 414 g/mol. The molecule has 3 saturated carbocycles. The van der Waals surface area contributed by atoms with Crippen molar-refractivity contribution in [1.82, 2.24) is 5.32 Å². The first-order valence-electron chi connectivity index (χ1n) is 12.9. The van der Waals surface area contributed by atoms with Gasteiger partial charge in [0.2, 0.25) is 5.91 Å². The molecule has 0 aromatic carbocycles. The summed E-state index contributed by atoms with van der Waals surface area (Å²) >= 11 is 0. The van der Waals surface area contributed by atoms with Gasteiger partial charge in [-0.05, 0) is 93.0 Å². The average molecular weight is 456 g/mol. The van der Waals surface area contributed by atoms with E-state index in [2.05, 4.69) is 25.2 Å². The molecule has 0 radical (unpaired) electrons. The minimum atomic E-state index is -0.225. The van der Waals surface area contributed by atoms with Crippen molar-refractivity contribution in [2.24, 2.45) is 28.6 Å². The second kappa shape index (κ2) is 8.79. The number of fused-ring (bicyclic) bond motifs is 5. The number of aliphatic hydroxyl groups excluding tert-OH is 1. The van der Waals surface area contributed by atoms with Crippen LogP contribution in [0, 0.1) is 28.6 Å². The van der Waals surface area contributed by atoms with Gasteiger partial charge < -0.3 is 10.4 Å². The van der Waals surface area contributed by atoms with Gasteiger partial charge in [-0.3, -0.25) is 14.4 Å². The molecule has 33 heavy (non-hydrogen) atoms. The predicted octanol–water partition coefficient (Wildman–Crippen LogP) is 4.68. The van der Waals surface area contributed by atoms with Crippen LogP contribution in [0.15, 0.2) is 22.8 Å². The first-order chi connectivity index (χ1) is 15.5. The van der Waals surface area contributed by atoms with Crippen LogP contribution < -0.4 is 5.32 Å². The van der Waals surface area contributed by atoms with E-state index in [-0.39, 0.29) is 40.4 Å². The highest BCUT2D eigenvalue weighted by Crippen LogP contribution is 2.65. The van der Waals surface area contributed by atoms with Crippen molar-refractivity contribution in [3.8, 4) is 0 Å². The molecule has 0 spiro atoms. The number of aliphatic hydroxyl groups is 1. The number of hydrogen-bond acceptors (Lipinski definition) is 4. The van der Waals surface area contributed by atoms with E-state index in [1.165, 1.54) is 12.5 Å². The number of carbonyl (C=O) groups excluding carboxylic acids is 3. The minimum absolute atomic E-state index is 0.0404. The fourth-order valence-corrected chi connectivity index (χ4v) is 8.00. The Hall–Kier alpha value is -1.75. The summed E-state index contributed by atoms with van der Waals surface area (Å²) in [6.45, 7) is 9.87. The Bertz CT molecular complexity index is 917. The van der Waals surface area contributed by atoms with Crippen LogP contribution in [0.25, 0.3) is 0 Å². The quantitative estimate of drug-likeness (QED) is 0.466. The van der Waals surface area contributed by atoms with E-state index in [1.54, 1.807) is 0 Å². The lowest BCUT2D eigenvalue weighted by Gasteiger charge is -2.57. The predicted molar refractivity (Wildman–Crippen MR) is 128 cm³/mol. The molecule has 3 fully saturated rings. The summed E-state index contributed by atoms with van der Waals surface area (Å²) in [5.74, 6) is 1.44. The van der Waals surface area contributed by atoms with Crippen molar-refractivity contribution in [2.75, 3.05) is 0 Å². The summed E-state index contributed by atoms with van der Waals surface area (Å²) < 4.78 is 0. The lowest BCUT2D eigenvalue weighted by Crippen LogP contribution is -2.49. The Labute approximate surface area is 198 Å². The summed E-state index contributed by atoms with van der Waals surface area (Å²) in [7, 11) is 0. The number of carbonyl (C=O) groups is 3. The van der Waals surface area contributed by atoms with E-state index < -0.39 is 0 Å². The highest BCUT2D eigenvalue weighted by atomic mass is 16.3. The Morgan fingerprint density at radius 2 is 1.82 bits per heavy atom. The van der Waals surface area contributed by atoms with Gasteiger partial charge in [0.15, 0.2) is 11.6 Å². The number of nitrogens with one attached hydrogen (secondary N) is 1. The molecule has 7 atom stereocenters. The van der Waals surface area contributed by atoms with E-state index in [1.807, 2.05) is 13.8 Å². The summed E-state index contributed by atoms with van der Waals surface area (Å²) in [6, 6.07) is -0.0553. The normalized spacial score (nSPS) is 40.2. The summed E-state index contributed by atoms with van der Waals surface area (Å²) in [5.41, 5.74) is 2.80. The van der Waals surface area contributed by atoms with Crippen LogP contribution in [0.1, 0.15) is 92.4 Å². The second-order valence-electron chi connectivity index (χ2n) is 11.8. The van der Waals surface area contributed by atoms with E-state index in [0.29, 0.717) is 42.6 Å². The SMILES string of the molecule is CC(=O)NC(C)CCC(=O)C(C)=C1C(=O)CC2C3CC=C4CC(O)CC[C@]4(C)C3CC[C@]12C. The average Bonchev–Trinajstić information content (AvgIpc) is 3.01. The first kappa shape index (κ1) is 24.4. The summed E-state index contributed by atoms with van der Waals surface area (Å²) in [6.07, 6.45) is 9.39. The first-order valence-corrected chi connectivity index (χ1v) is 12.9. The summed E-state index contributed by atoms with van der Waals surface area (Å²) in [4.78, 5) is 37.7. The highest BCUT2D eigenvalue weighted by molar-refractivity contribution is 6.08. The van der Waals surface area contributed by atoms with Crippen LogP contribution in [-0.2, 0) is 14.4 Å². The molecule has 0 aromatic heterocycles. The van der Waals surface area contributed by atoms with Gasteiger partial charge in [-0.25, -0.2) is 0 Å². The largest absolute Gasteiger partial charge is 0.393 e. The molecule has 5 heteroatoms. The maximum atomic E-state index is 13.3. The number of hydrogen-bond donors (Lipinski definition) is 2. The zero-order valence-corrected chi connectivity index (χ0v) is 21.0. The molecule has 4 rings (SSSR count). The van der Waals surface area contributed by atoms with Crippen molar-refractivity contribution in [3.05, 3.63) is 22.8 Å². The molecule has 0 bridgehead atoms. The molecule has 0 aliphatic heterocycles. The monoisotopic (exact) mass is 455 g/mol. The van der Waals surface area contributed by atoms with Gasteiger partial charge in [-0.2, -0.15) is 0 Å². The molecule has 5 nitrogen and oxygen atoms in total. The minimum Gasteiger partial charge on any atom is -0.393 e. The number of rotatable bonds is 5. The van der Waals surface area contributed by atoms with Gasteiger partial charge in [-0.1, -0.05) is 25.5 Å². The molecule has 4 aliphatic carbocycles. The highest BCUT2D eigenvalue weighted by Gasteiger charge is 2.59. The Morgan fingerprint density at radius 3 is 2.52 bits per heavy atom. The Kier molecular flexibility index (Phi) is 6.50. The number of amides is 1. The standard InChI is InChI=1S/C28H41NO4/c1-16(29-18(3)30)6-9-24(32)17(2)26-25(33)15-23-21-8-7-19-14-20(31)10-12-27(19,4)22(21)11-13-28(23,26)5/h7,16,20-23,31H,6,8-15H2,1-5H3,(H,29,30)/t16?,20?,21?,22?,23?,27-,28-/m0/s1. The van der Waals surface area contributed by atoms with Gasteiger partial charge in [0.05, 0.1) is 6.10 Å². The molecule has 5 unspecified atom stereocenters. The zero-order chi connectivity index (χ0) is 24.1. The maximum absolute atomic E-state index is 13.3. The molecule has 0 saturated heterocycles. The molecule has 4 aliphatic rings. The third-order valence-corrected chi connectivity index (χ3v) is 9.77. The number of Topliss-reactive ketones (excluding diaryl/α,β-unsaturated/α-hetero) is 2. The van der Waals surface area contributed by atoms with Gasteiger partial charge in [0, 0.05) is 31.4 Å². The topological polar surface area (TPSA) is 83.5 Å². The zero-order valence-electron chi connectivity index (χ0n) is 21.0. The van der Waals surface area contributed by atoms with Crippen LogP contribution in [0.3, 0.4) is 0 Å². The Morgan fingerprint density at radius 1 is 1.12 bits per heavy atom. The van der Waals surface area contributed by atoms with Crippen molar-refractivity contribution in [3.63, 3.8) is 0 Å². The van der Waals surface area contributed by atoms with Crippen LogP contribution >= 0.6 is 0 Å². The fourth-order valence-electron chi connectivity index (χ4n) is 8.00. The smallest absolute Gasteiger partial charge is 0.217 e. The lowest BCUT2D eigenvalue weighted by atomic mass is 9.47. The van der Waals surface area contributed by atoms with Crippen molar-refractivity contribution >= 4 is 17.5 Å². The fraction of sp³-hybridized carbons (Fsp3) is 0.750. The lowest BCUT2D eigenvalue weighted by molar-refractivity contribution is -0.120. The number of allylic oxidation sites excluding steroid dienone is 3. The summed E-state index contributed by atoms with van der Waals surface area (Å²) in [5, 5.41) is 13.0. The third kappa shape index (κ3) is 4.15. The van der Waals surface area contributed by atoms with Crippen molar-refractivity contribution < 1.29 is 19.5 Å². The molecule has 2 N–H and O–H groups in total. The van der Waals surface area contributed by atoms with Crippen LogP contribution in [0.4, 0.5) is 0 Å². The van der Waals surface area contributed by atoms with Crippen molar-refractivity contribution in [2.45, 2.75) is 105 Å². The third-order valence-electron chi connectivity index (χ3n) is 9.77. The van der Waals surface area contributed by atoms with Crippen LogP contribution in [0.5, 0.6) is 0 Å². The van der Waals surface area contributed by atoms with E-state index >= 15 is 0 Å². The molecule has 0 heterocycles. The number of ketones is 2. The van der Waals surface area contributed by atoms with Gasteiger partial charge in [0.1, 0.15) is 0 Å². The molecule has 1 amide bonds. The van der Waals surface area contributed by atoms with Gasteiger partial charge in [-0.15, -0.1) is 0 Å². The van der Waals surface area contributed by atoms with Crippen LogP contribution in [-0.4, -0.2) is 34.7 Å². The van der Waals surface area contributed by atoms with E-state index in [4.69, 9.17) is 0 Å². The van der Waals surface area contributed by atoms with Crippen molar-refractivity contribution in [1.29, 1.82) is 0 Å². The molecule has 182 valence electrons.